The third-order valence-corrected chi connectivity index (χ3v) is 2.29. The molecule has 0 spiro atoms. The number of carbonyl (C=O) groups is 1. The molecule has 0 amide bonds. The zero-order valence-electron chi connectivity index (χ0n) is 9.16. The number of aromatic nitrogens is 2. The molecule has 0 radical (unpaired) electrons. The van der Waals surface area contributed by atoms with Crippen LogP contribution in [0.1, 0.15) is 17.4 Å². The minimum absolute atomic E-state index is 0. The van der Waals surface area contributed by atoms with Gasteiger partial charge in [-0.1, -0.05) is 0 Å². The molecule has 4 nitrogen and oxygen atoms in total. The smallest absolute Gasteiger partial charge is 0.403 e. The number of ether oxygens (including phenoxy) is 1. The summed E-state index contributed by atoms with van der Waals surface area (Å²) >= 11 is 0. The van der Waals surface area contributed by atoms with Crippen LogP contribution in [0.25, 0.3) is 10.9 Å². The summed E-state index contributed by atoms with van der Waals surface area (Å²) in [5.41, 5.74) is 1.56. The molecule has 5 heteroatoms. The van der Waals surface area contributed by atoms with Crippen LogP contribution in [0.5, 0.6) is 0 Å². The van der Waals surface area contributed by atoms with E-state index >= 15 is 0 Å². The van der Waals surface area contributed by atoms with E-state index in [4.69, 9.17) is 4.74 Å². The number of aryl methyl sites for hydroxylation is 1. The first-order valence-electron chi connectivity index (χ1n) is 4.86. The number of fused-ring (bicyclic) bond motifs is 1. The van der Waals surface area contributed by atoms with Crippen LogP contribution in [0.4, 0.5) is 0 Å². The van der Waals surface area contributed by atoms with Gasteiger partial charge in [0, 0.05) is 17.6 Å². The van der Waals surface area contributed by atoms with E-state index in [0.29, 0.717) is 12.3 Å². The van der Waals surface area contributed by atoms with Crippen LogP contribution in [0, 0.1) is 0 Å². The number of pyridine rings is 1. The maximum Gasteiger partial charge on any atom is 0.403 e. The summed E-state index contributed by atoms with van der Waals surface area (Å²) in [6.07, 6.45) is 3.72. The van der Waals surface area contributed by atoms with Crippen LogP contribution in [-0.2, 0) is 11.8 Å². The van der Waals surface area contributed by atoms with E-state index < -0.39 is 0 Å². The fourth-order valence-corrected chi connectivity index (χ4v) is 1.55. The van der Waals surface area contributed by atoms with Gasteiger partial charge < -0.3 is 33.7 Å². The van der Waals surface area contributed by atoms with E-state index in [9.17, 15) is 4.79 Å². The van der Waals surface area contributed by atoms with Gasteiger partial charge in [-0.2, -0.15) is 4.57 Å². The number of esters is 1. The van der Waals surface area contributed by atoms with Crippen molar-refractivity contribution >= 4 is 16.9 Å². The second kappa shape index (κ2) is 5.29. The van der Waals surface area contributed by atoms with Gasteiger partial charge in [0.2, 0.25) is 0 Å². The molecule has 0 aliphatic carbocycles. The first-order chi connectivity index (χ1) is 7.22. The number of hydrogen-bond acceptors (Lipinski definition) is 2. The van der Waals surface area contributed by atoms with E-state index in [2.05, 4.69) is 4.98 Å². The first-order valence-corrected chi connectivity index (χ1v) is 4.86. The van der Waals surface area contributed by atoms with Crippen molar-refractivity contribution in [2.45, 2.75) is 6.92 Å². The molecule has 0 saturated heterocycles. The molecule has 0 saturated carbocycles. The predicted molar refractivity (Wildman–Crippen MR) is 55.4 cm³/mol. The molecule has 0 bridgehead atoms. The molecule has 16 heavy (non-hydrogen) atoms. The second-order valence-corrected chi connectivity index (χ2v) is 3.34. The van der Waals surface area contributed by atoms with Crippen molar-refractivity contribution in [2.75, 3.05) is 6.61 Å². The Kier molecular flexibility index (Phi) is 4.28. The number of halogens is 1. The van der Waals surface area contributed by atoms with Gasteiger partial charge in [-0.25, -0.2) is 4.79 Å². The Morgan fingerprint density at radius 3 is 3.00 bits per heavy atom. The number of nitrogens with one attached hydrogen (secondary N) is 1. The highest BCUT2D eigenvalue weighted by atomic mass is 127. The maximum atomic E-state index is 11.6. The zero-order chi connectivity index (χ0) is 10.8. The average molecular weight is 332 g/mol. The van der Waals surface area contributed by atoms with E-state index in [1.807, 2.05) is 31.6 Å². The summed E-state index contributed by atoms with van der Waals surface area (Å²) in [7, 11) is 1.83. The number of hydrogen-bond donors (Lipinski definition) is 1. The van der Waals surface area contributed by atoms with Crippen molar-refractivity contribution in [3.05, 3.63) is 30.2 Å². The standard InChI is InChI=1S/C11H12N2O2.HI/c1-3-15-11(14)10-6-8-4-5-12-9(8)7-13(10)2;/h4-7H,3H2,1-2H3;1H. The summed E-state index contributed by atoms with van der Waals surface area (Å²) in [5.74, 6) is -0.289. The Balaban J connectivity index is 0.00000128. The van der Waals surface area contributed by atoms with E-state index in [1.165, 1.54) is 0 Å². The van der Waals surface area contributed by atoms with Gasteiger partial charge >= 0.3 is 5.97 Å². The maximum absolute atomic E-state index is 11.6. The molecule has 2 rings (SSSR count). The van der Waals surface area contributed by atoms with E-state index in [-0.39, 0.29) is 29.9 Å². The molecular weight excluding hydrogens is 319 g/mol. The van der Waals surface area contributed by atoms with Crippen LogP contribution >= 0.6 is 0 Å². The third kappa shape index (κ3) is 2.34. The predicted octanol–water partition coefficient (Wildman–Crippen LogP) is -1.83. The molecule has 1 N–H and O–H groups in total. The van der Waals surface area contributed by atoms with Crippen molar-refractivity contribution in [1.29, 1.82) is 0 Å². The number of rotatable bonds is 2. The Bertz CT molecular complexity index is 508. The normalized spacial score (nSPS) is 9.88. The van der Waals surface area contributed by atoms with Crippen molar-refractivity contribution in [3.63, 3.8) is 0 Å². The summed E-state index contributed by atoms with van der Waals surface area (Å²) in [6, 6.07) is 3.75. The zero-order valence-corrected chi connectivity index (χ0v) is 11.3. The van der Waals surface area contributed by atoms with Gasteiger partial charge in [-0.3, -0.25) is 0 Å². The molecule has 0 aliphatic heterocycles. The minimum Gasteiger partial charge on any atom is -1.00 e. The Morgan fingerprint density at radius 1 is 1.56 bits per heavy atom. The van der Waals surface area contributed by atoms with Crippen molar-refractivity contribution in [1.82, 2.24) is 4.98 Å². The molecular formula is C11H13IN2O2. The summed E-state index contributed by atoms with van der Waals surface area (Å²) in [5, 5.41) is 1.01. The topological polar surface area (TPSA) is 46.0 Å². The highest BCUT2D eigenvalue weighted by Crippen LogP contribution is 2.10. The van der Waals surface area contributed by atoms with Crippen LogP contribution in [0.2, 0.25) is 0 Å². The second-order valence-electron chi connectivity index (χ2n) is 3.34. The van der Waals surface area contributed by atoms with Crippen LogP contribution in [-0.4, -0.2) is 17.6 Å². The highest BCUT2D eigenvalue weighted by Gasteiger charge is 2.19. The van der Waals surface area contributed by atoms with Crippen molar-refractivity contribution in [3.8, 4) is 0 Å². The lowest BCUT2D eigenvalue weighted by molar-refractivity contribution is -0.672. The Labute approximate surface area is 111 Å². The quantitative estimate of drug-likeness (QED) is 0.400. The third-order valence-electron chi connectivity index (χ3n) is 2.29. The molecule has 0 unspecified atom stereocenters. The summed E-state index contributed by atoms with van der Waals surface area (Å²) in [4.78, 5) is 14.7. The van der Waals surface area contributed by atoms with Crippen molar-refractivity contribution < 1.29 is 38.1 Å². The number of carbonyl (C=O) groups excluding carboxylic acids is 1. The number of nitrogens with zero attached hydrogens (tertiary/aromatic N) is 1. The number of H-pyrrole nitrogens is 1. The highest BCUT2D eigenvalue weighted by molar-refractivity contribution is 5.90. The monoisotopic (exact) mass is 332 g/mol. The van der Waals surface area contributed by atoms with Crippen LogP contribution < -0.4 is 28.5 Å². The molecule has 2 aromatic rings. The van der Waals surface area contributed by atoms with Crippen molar-refractivity contribution in [2.24, 2.45) is 7.05 Å². The largest absolute Gasteiger partial charge is 1.00 e. The first kappa shape index (κ1) is 13.0. The molecule has 0 fully saturated rings. The van der Waals surface area contributed by atoms with Gasteiger partial charge in [-0.05, 0) is 13.0 Å². The van der Waals surface area contributed by atoms with Gasteiger partial charge in [0.1, 0.15) is 12.6 Å². The SMILES string of the molecule is CCOC(=O)c1cc2cc[nH]c2c[n+]1C.[I-]. The average Bonchev–Trinajstić information content (AvgIpc) is 2.63. The molecule has 0 atom stereocenters. The Morgan fingerprint density at radius 2 is 2.31 bits per heavy atom. The van der Waals surface area contributed by atoms with Crippen LogP contribution in [0.3, 0.4) is 0 Å². The van der Waals surface area contributed by atoms with E-state index in [1.54, 1.807) is 11.5 Å². The van der Waals surface area contributed by atoms with Gasteiger partial charge in [0.25, 0.3) is 5.69 Å². The van der Waals surface area contributed by atoms with Gasteiger partial charge in [0.05, 0.1) is 6.61 Å². The molecule has 86 valence electrons. The lowest BCUT2D eigenvalue weighted by Gasteiger charge is -2.00. The summed E-state index contributed by atoms with van der Waals surface area (Å²) in [6.45, 7) is 2.19. The lowest BCUT2D eigenvalue weighted by Crippen LogP contribution is -3.00. The lowest BCUT2D eigenvalue weighted by atomic mass is 10.2. The number of aromatic amines is 1. The molecule has 0 aromatic carbocycles. The van der Waals surface area contributed by atoms with Crippen LogP contribution in [0.15, 0.2) is 24.5 Å². The Hall–Kier alpha value is -1.11. The fourth-order valence-electron chi connectivity index (χ4n) is 1.55. The molecule has 0 aliphatic rings. The minimum atomic E-state index is -0.289. The fraction of sp³-hybridized carbons (Fsp3) is 0.273. The molecule has 2 heterocycles. The molecule has 2 aromatic heterocycles. The summed E-state index contributed by atoms with van der Waals surface area (Å²) < 4.78 is 6.73. The van der Waals surface area contributed by atoms with E-state index in [0.717, 1.165) is 10.9 Å². The van der Waals surface area contributed by atoms with Gasteiger partial charge in [-0.15, -0.1) is 0 Å². The van der Waals surface area contributed by atoms with Gasteiger partial charge in [0.15, 0.2) is 6.20 Å².